The summed E-state index contributed by atoms with van der Waals surface area (Å²) in [5, 5.41) is 2.21. The highest BCUT2D eigenvalue weighted by atomic mass is 35.5. The highest BCUT2D eigenvalue weighted by Crippen LogP contribution is 2.15. The van der Waals surface area contributed by atoms with Crippen LogP contribution in [0.3, 0.4) is 0 Å². The Kier molecular flexibility index (Phi) is 2.62. The lowest BCUT2D eigenvalue weighted by Gasteiger charge is -2.15. The maximum absolute atomic E-state index is 11.4. The van der Waals surface area contributed by atoms with Crippen molar-refractivity contribution in [3.05, 3.63) is 34.9 Å². The number of nitrogens with one attached hydrogen (secondary N) is 1. The smallest absolute Gasteiger partial charge is 0.258 e. The molecular weight excluding hydrogens is 216 g/mol. The average Bonchev–Trinajstić information content (AvgIpc) is 2.15. The molecule has 5 heteroatoms. The molecule has 1 aliphatic heterocycles. The van der Waals surface area contributed by atoms with Gasteiger partial charge in [0.15, 0.2) is 0 Å². The van der Waals surface area contributed by atoms with Gasteiger partial charge < -0.3 is 18.1 Å². The van der Waals surface area contributed by atoms with E-state index in [-0.39, 0.29) is 24.7 Å². The van der Waals surface area contributed by atoms with E-state index in [1.54, 1.807) is 0 Å². The Balaban J connectivity index is 0.00000144. The number of amides is 2. The van der Waals surface area contributed by atoms with Crippen molar-refractivity contribution in [3.8, 4) is 0 Å². The van der Waals surface area contributed by atoms with E-state index in [1.165, 1.54) is 18.2 Å². The summed E-state index contributed by atoms with van der Waals surface area (Å²) in [4.78, 5) is 22.6. The number of hydrogen-bond donors (Lipinski definition) is 2. The van der Waals surface area contributed by atoms with Crippen LogP contribution in [0.5, 0.6) is 0 Å². The topological polar surface area (TPSA) is 73.8 Å². The molecule has 4 nitrogen and oxygen atoms in total. The Bertz CT molecular complexity index is 486. The molecule has 0 bridgehead atoms. The number of benzene rings is 1. The third-order valence-electron chi connectivity index (χ3n) is 2.16. The first kappa shape index (κ1) is 8.88. The van der Waals surface area contributed by atoms with Crippen LogP contribution in [-0.4, -0.2) is 11.8 Å². The molecular formula is C10H11ClN2O2. The fourth-order valence-corrected chi connectivity index (χ4v) is 1.48. The molecule has 0 spiro atoms. The van der Waals surface area contributed by atoms with E-state index < -0.39 is 12.4 Å². The third-order valence-corrected chi connectivity index (χ3v) is 2.16. The van der Waals surface area contributed by atoms with Crippen molar-refractivity contribution in [1.82, 2.24) is 5.32 Å². The maximum Gasteiger partial charge on any atom is 0.258 e. The number of quaternary nitrogens is 1. The average molecular weight is 229 g/mol. The van der Waals surface area contributed by atoms with Crippen LogP contribution in [0.1, 0.15) is 24.2 Å². The second-order valence-corrected chi connectivity index (χ2v) is 3.10. The van der Waals surface area contributed by atoms with Gasteiger partial charge in [0.05, 0.1) is 15.7 Å². The van der Waals surface area contributed by atoms with Gasteiger partial charge in [-0.1, -0.05) is 6.07 Å². The van der Waals surface area contributed by atoms with Gasteiger partial charge in [-0.25, -0.2) is 0 Å². The van der Waals surface area contributed by atoms with Crippen LogP contribution in [-0.2, 0) is 17.7 Å². The molecule has 2 rings (SSSR count). The van der Waals surface area contributed by atoms with Crippen molar-refractivity contribution in [3.63, 3.8) is 0 Å². The SMILES string of the molecule is [2H]C([2H])([NH3+])c1ccc2c(c1)CC(=O)NC2=O.[Cl-]. The summed E-state index contributed by atoms with van der Waals surface area (Å²) in [6.07, 6.45) is 0.102. The molecule has 15 heavy (non-hydrogen) atoms. The summed E-state index contributed by atoms with van der Waals surface area (Å²) in [6.45, 7) is -1.72. The van der Waals surface area contributed by atoms with Crippen molar-refractivity contribution in [2.75, 3.05) is 0 Å². The molecule has 1 aromatic carbocycles. The van der Waals surface area contributed by atoms with Crippen molar-refractivity contribution in [2.45, 2.75) is 12.9 Å². The van der Waals surface area contributed by atoms with E-state index in [4.69, 9.17) is 2.74 Å². The third kappa shape index (κ3) is 2.16. The van der Waals surface area contributed by atoms with Gasteiger partial charge >= 0.3 is 0 Å². The monoisotopic (exact) mass is 228 g/mol. The minimum Gasteiger partial charge on any atom is -1.00 e. The molecule has 0 fully saturated rings. The van der Waals surface area contributed by atoms with E-state index >= 15 is 0 Å². The Morgan fingerprint density at radius 1 is 1.47 bits per heavy atom. The van der Waals surface area contributed by atoms with Crippen LogP contribution in [0.4, 0.5) is 0 Å². The molecule has 0 aliphatic carbocycles. The van der Waals surface area contributed by atoms with E-state index in [2.05, 4.69) is 11.1 Å². The summed E-state index contributed by atoms with van der Waals surface area (Å²) < 4.78 is 14.9. The van der Waals surface area contributed by atoms with E-state index in [9.17, 15) is 9.59 Å². The van der Waals surface area contributed by atoms with Crippen LogP contribution >= 0.6 is 0 Å². The van der Waals surface area contributed by atoms with Gasteiger partial charge in [-0.3, -0.25) is 14.9 Å². The molecule has 0 atom stereocenters. The lowest BCUT2D eigenvalue weighted by Crippen LogP contribution is -3.00. The summed E-state index contributed by atoms with van der Waals surface area (Å²) in [6, 6.07) is 4.57. The minimum atomic E-state index is -1.72. The molecule has 2 amide bonds. The van der Waals surface area contributed by atoms with Crippen molar-refractivity contribution < 1.29 is 30.5 Å². The highest BCUT2D eigenvalue weighted by molar-refractivity contribution is 6.09. The Labute approximate surface area is 96.1 Å². The lowest BCUT2D eigenvalue weighted by atomic mass is 9.97. The zero-order valence-electron chi connectivity index (χ0n) is 9.84. The van der Waals surface area contributed by atoms with Crippen molar-refractivity contribution in [1.29, 1.82) is 0 Å². The fourth-order valence-electron chi connectivity index (χ4n) is 1.48. The first-order valence-corrected chi connectivity index (χ1v) is 4.21. The zero-order valence-corrected chi connectivity index (χ0v) is 8.60. The predicted octanol–water partition coefficient (Wildman–Crippen LogP) is -3.75. The Morgan fingerprint density at radius 3 is 2.87 bits per heavy atom. The minimum absolute atomic E-state index is 0. The second kappa shape index (κ2) is 4.42. The zero-order chi connectivity index (χ0) is 11.9. The standard InChI is InChI=1S/C10H10N2O2.ClH/c11-5-6-1-2-8-7(3-6)4-9(13)12-10(8)14;/h1-3H,4-5,11H2,(H,12,13,14);1H/i5D2;. The van der Waals surface area contributed by atoms with Crippen molar-refractivity contribution >= 4 is 11.8 Å². The number of carbonyl (C=O) groups excluding carboxylic acids is 2. The second-order valence-electron chi connectivity index (χ2n) is 3.10. The Hall–Kier alpha value is -1.39. The summed E-state index contributed by atoms with van der Waals surface area (Å²) in [5.41, 5.74) is 4.72. The van der Waals surface area contributed by atoms with Crippen molar-refractivity contribution in [2.24, 2.45) is 0 Å². The lowest BCUT2D eigenvalue weighted by molar-refractivity contribution is -0.386. The quantitative estimate of drug-likeness (QED) is 0.485. The maximum atomic E-state index is 11.4. The van der Waals surface area contributed by atoms with Gasteiger partial charge in [0.2, 0.25) is 5.91 Å². The summed E-state index contributed by atoms with van der Waals surface area (Å²) in [5.74, 6) is -0.790. The van der Waals surface area contributed by atoms with E-state index in [0.29, 0.717) is 16.7 Å². The van der Waals surface area contributed by atoms with Gasteiger partial charge in [0.1, 0.15) is 0 Å². The molecule has 4 N–H and O–H groups in total. The van der Waals surface area contributed by atoms with Crippen LogP contribution in [0.25, 0.3) is 0 Å². The Morgan fingerprint density at radius 2 is 2.20 bits per heavy atom. The van der Waals surface area contributed by atoms with Crippen LogP contribution in [0, 0.1) is 0 Å². The van der Waals surface area contributed by atoms with Crippen LogP contribution < -0.4 is 23.5 Å². The van der Waals surface area contributed by atoms with Gasteiger partial charge in [0.25, 0.3) is 5.91 Å². The number of rotatable bonds is 1. The van der Waals surface area contributed by atoms with Gasteiger partial charge in [-0.15, -0.1) is 0 Å². The largest absolute Gasteiger partial charge is 1.00 e. The molecule has 0 radical (unpaired) electrons. The molecule has 0 saturated carbocycles. The molecule has 1 aliphatic rings. The number of hydrogen-bond acceptors (Lipinski definition) is 2. The molecule has 80 valence electrons. The molecule has 0 saturated heterocycles. The van der Waals surface area contributed by atoms with Gasteiger partial charge in [0, 0.05) is 11.1 Å². The normalized spacial score (nSPS) is 16.9. The number of fused-ring (bicyclic) bond motifs is 1. The highest BCUT2D eigenvalue weighted by Gasteiger charge is 2.21. The predicted molar refractivity (Wildman–Crippen MR) is 49.2 cm³/mol. The fraction of sp³-hybridized carbons (Fsp3) is 0.200. The number of halogens is 1. The van der Waals surface area contributed by atoms with E-state index in [1.807, 2.05) is 0 Å². The molecule has 1 aromatic rings. The summed E-state index contributed by atoms with van der Waals surface area (Å²) >= 11 is 0. The molecule has 0 aromatic heterocycles. The first-order chi connectivity index (χ1) is 7.38. The molecule has 1 heterocycles. The van der Waals surface area contributed by atoms with Gasteiger partial charge in [-0.05, 0) is 17.7 Å². The number of imide groups is 1. The van der Waals surface area contributed by atoms with Gasteiger partial charge in [-0.2, -0.15) is 0 Å². The van der Waals surface area contributed by atoms with Crippen LogP contribution in [0.15, 0.2) is 18.2 Å². The number of carbonyl (C=O) groups is 2. The summed E-state index contributed by atoms with van der Waals surface area (Å²) in [7, 11) is 0. The van der Waals surface area contributed by atoms with E-state index in [0.717, 1.165) is 0 Å². The first-order valence-electron chi connectivity index (χ1n) is 5.21. The molecule has 0 unspecified atom stereocenters. The van der Waals surface area contributed by atoms with Crippen LogP contribution in [0.2, 0.25) is 0 Å².